The number of nitrogens with one attached hydrogen (secondary N) is 2. The zero-order valence-corrected chi connectivity index (χ0v) is 20.0. The molecule has 0 spiro atoms. The average Bonchev–Trinajstić information content (AvgIpc) is 2.79. The smallest absolute Gasteiger partial charge is 0.388 e. The summed E-state index contributed by atoms with van der Waals surface area (Å²) in [6.45, 7) is 4.70. The van der Waals surface area contributed by atoms with Crippen LogP contribution in [0.15, 0.2) is 18.2 Å². The fourth-order valence-corrected chi connectivity index (χ4v) is 3.95. The summed E-state index contributed by atoms with van der Waals surface area (Å²) in [5.41, 5.74) is -1.27. The molecule has 2 rings (SSSR count). The number of hydrogen-bond acceptors (Lipinski definition) is 5. The number of carbonyl (C=O) groups excluding carboxylic acids is 3. The summed E-state index contributed by atoms with van der Waals surface area (Å²) in [6, 6.07) is 4.58. The molecule has 1 heterocycles. The number of nitriles is 1. The topological polar surface area (TPSA) is 123 Å². The fourth-order valence-electron chi connectivity index (χ4n) is 3.95. The van der Waals surface area contributed by atoms with E-state index in [0.29, 0.717) is 19.4 Å². The van der Waals surface area contributed by atoms with Crippen LogP contribution in [0.5, 0.6) is 0 Å². The molecule has 3 N–H and O–H groups in total. The molecule has 35 heavy (non-hydrogen) atoms. The largest absolute Gasteiger partial charge is 0.393 e. The van der Waals surface area contributed by atoms with Crippen LogP contribution in [-0.4, -0.2) is 58.6 Å². The van der Waals surface area contributed by atoms with E-state index >= 15 is 0 Å². The van der Waals surface area contributed by atoms with Gasteiger partial charge in [-0.15, -0.1) is 0 Å². The van der Waals surface area contributed by atoms with Gasteiger partial charge in [0.25, 0.3) is 0 Å². The zero-order valence-electron chi connectivity index (χ0n) is 20.0. The van der Waals surface area contributed by atoms with Gasteiger partial charge in [-0.05, 0) is 49.9 Å². The third-order valence-corrected chi connectivity index (χ3v) is 5.86. The zero-order chi connectivity index (χ0) is 26.4. The number of nitrogens with zero attached hydrogens (tertiary/aromatic N) is 2. The van der Waals surface area contributed by atoms with Crippen molar-refractivity contribution in [3.63, 3.8) is 0 Å². The second-order valence-corrected chi connectivity index (χ2v) is 9.24. The van der Waals surface area contributed by atoms with Crippen LogP contribution in [0.25, 0.3) is 0 Å². The first-order valence-electron chi connectivity index (χ1n) is 11.4. The van der Waals surface area contributed by atoms with Gasteiger partial charge in [0.2, 0.25) is 17.7 Å². The summed E-state index contributed by atoms with van der Waals surface area (Å²) in [4.78, 5) is 39.2. The van der Waals surface area contributed by atoms with Crippen molar-refractivity contribution < 1.29 is 32.7 Å². The van der Waals surface area contributed by atoms with E-state index in [2.05, 4.69) is 10.6 Å². The second-order valence-electron chi connectivity index (χ2n) is 9.24. The summed E-state index contributed by atoms with van der Waals surface area (Å²) >= 11 is 0. The SMILES string of the molecule is CCC(=O)NC(C(=O)N1CCC[C@@H](C(=O)NCc2ccc(C#N)cc2CC(F)(F)F)C1)C(C)(C)O. The Bertz CT molecular complexity index is 982. The van der Waals surface area contributed by atoms with Crippen LogP contribution in [0.4, 0.5) is 13.2 Å². The van der Waals surface area contributed by atoms with Crippen LogP contribution in [0.1, 0.15) is 56.7 Å². The maximum absolute atomic E-state index is 13.1. The van der Waals surface area contributed by atoms with Crippen LogP contribution in [0.2, 0.25) is 0 Å². The van der Waals surface area contributed by atoms with E-state index in [9.17, 15) is 32.7 Å². The minimum Gasteiger partial charge on any atom is -0.388 e. The van der Waals surface area contributed by atoms with Crippen molar-refractivity contribution in [2.75, 3.05) is 13.1 Å². The highest BCUT2D eigenvalue weighted by atomic mass is 19.4. The molecular weight excluding hydrogens is 465 g/mol. The molecule has 8 nitrogen and oxygen atoms in total. The summed E-state index contributed by atoms with van der Waals surface area (Å²) < 4.78 is 38.9. The fraction of sp³-hybridized carbons (Fsp3) is 0.583. The van der Waals surface area contributed by atoms with Gasteiger partial charge in [-0.25, -0.2) is 0 Å². The highest BCUT2D eigenvalue weighted by Crippen LogP contribution is 2.25. The van der Waals surface area contributed by atoms with E-state index in [-0.39, 0.29) is 36.2 Å². The van der Waals surface area contributed by atoms with Gasteiger partial charge >= 0.3 is 6.18 Å². The Balaban J connectivity index is 2.08. The standard InChI is InChI=1S/C24H31F3N4O4/c1-4-19(32)30-20(23(2,3)35)22(34)31-9-5-6-17(14-31)21(33)29-13-16-8-7-15(12-28)10-18(16)11-24(25,26)27/h7-8,10,17,20,35H,4-6,9,11,13-14H2,1-3H3,(H,29,33)(H,30,32)/t17-,20?/m1/s1. The molecule has 1 unspecified atom stereocenters. The Morgan fingerprint density at radius 1 is 1.26 bits per heavy atom. The van der Waals surface area contributed by atoms with E-state index in [4.69, 9.17) is 5.26 Å². The van der Waals surface area contributed by atoms with Crippen molar-refractivity contribution in [2.24, 2.45) is 5.92 Å². The molecule has 1 aromatic rings. The summed E-state index contributed by atoms with van der Waals surface area (Å²) in [6.07, 6.45) is -4.56. The molecule has 0 aromatic heterocycles. The third-order valence-electron chi connectivity index (χ3n) is 5.86. The highest BCUT2D eigenvalue weighted by Gasteiger charge is 2.39. The predicted molar refractivity (Wildman–Crippen MR) is 121 cm³/mol. The average molecular weight is 497 g/mol. The van der Waals surface area contributed by atoms with Gasteiger partial charge in [-0.3, -0.25) is 14.4 Å². The monoisotopic (exact) mass is 496 g/mol. The minimum atomic E-state index is -4.47. The molecule has 2 atom stereocenters. The Hall–Kier alpha value is -3.13. The number of carbonyl (C=O) groups is 3. The van der Waals surface area contributed by atoms with E-state index in [1.54, 1.807) is 6.92 Å². The number of likely N-dealkylation sites (tertiary alicyclic amines) is 1. The molecule has 0 bridgehead atoms. The summed E-state index contributed by atoms with van der Waals surface area (Å²) in [7, 11) is 0. The molecule has 192 valence electrons. The van der Waals surface area contributed by atoms with E-state index in [1.807, 2.05) is 6.07 Å². The number of rotatable bonds is 8. The maximum Gasteiger partial charge on any atom is 0.393 e. The molecule has 0 saturated carbocycles. The molecule has 3 amide bonds. The number of alkyl halides is 3. The lowest BCUT2D eigenvalue weighted by Crippen LogP contribution is -2.60. The van der Waals surface area contributed by atoms with Crippen LogP contribution >= 0.6 is 0 Å². The van der Waals surface area contributed by atoms with Gasteiger partial charge in [0.15, 0.2) is 0 Å². The molecule has 11 heteroatoms. The third kappa shape index (κ3) is 8.24. The van der Waals surface area contributed by atoms with Crippen molar-refractivity contribution in [3.8, 4) is 6.07 Å². The first kappa shape index (κ1) is 28.1. The molecule has 1 aromatic carbocycles. The van der Waals surface area contributed by atoms with Crippen LogP contribution in [0, 0.1) is 17.2 Å². The number of benzene rings is 1. The van der Waals surface area contributed by atoms with Gasteiger partial charge in [-0.2, -0.15) is 18.4 Å². The Morgan fingerprint density at radius 3 is 2.51 bits per heavy atom. The van der Waals surface area contributed by atoms with Crippen molar-refractivity contribution in [1.82, 2.24) is 15.5 Å². The van der Waals surface area contributed by atoms with Crippen molar-refractivity contribution in [3.05, 3.63) is 34.9 Å². The maximum atomic E-state index is 13.1. The molecule has 1 aliphatic heterocycles. The number of aliphatic hydroxyl groups is 1. The Morgan fingerprint density at radius 2 is 1.94 bits per heavy atom. The number of amides is 3. The lowest BCUT2D eigenvalue weighted by molar-refractivity contribution is -0.145. The lowest BCUT2D eigenvalue weighted by Gasteiger charge is -2.37. The number of hydrogen-bond donors (Lipinski definition) is 3. The van der Waals surface area contributed by atoms with Gasteiger partial charge in [0, 0.05) is 26.1 Å². The quantitative estimate of drug-likeness (QED) is 0.509. The van der Waals surface area contributed by atoms with Crippen molar-refractivity contribution in [1.29, 1.82) is 5.26 Å². The van der Waals surface area contributed by atoms with Gasteiger partial charge < -0.3 is 20.6 Å². The molecule has 1 saturated heterocycles. The van der Waals surface area contributed by atoms with Crippen molar-refractivity contribution >= 4 is 17.7 Å². The molecule has 0 aliphatic carbocycles. The van der Waals surface area contributed by atoms with Crippen molar-refractivity contribution in [2.45, 2.75) is 70.8 Å². The van der Waals surface area contributed by atoms with E-state index < -0.39 is 47.9 Å². The normalized spacial score (nSPS) is 17.3. The Kier molecular flexibility index (Phi) is 9.26. The molecule has 1 aliphatic rings. The van der Waals surface area contributed by atoms with E-state index in [0.717, 1.165) is 6.07 Å². The molecule has 1 fully saturated rings. The molecular formula is C24H31F3N4O4. The summed E-state index contributed by atoms with van der Waals surface area (Å²) in [5, 5.41) is 24.6. The second kappa shape index (κ2) is 11.5. The van der Waals surface area contributed by atoms with E-state index in [1.165, 1.54) is 30.9 Å². The van der Waals surface area contributed by atoms with Gasteiger partial charge in [0.05, 0.1) is 29.6 Å². The van der Waals surface area contributed by atoms with Gasteiger partial charge in [-0.1, -0.05) is 13.0 Å². The summed E-state index contributed by atoms with van der Waals surface area (Å²) in [5.74, 6) is -1.91. The van der Waals surface area contributed by atoms with Crippen LogP contribution < -0.4 is 10.6 Å². The first-order chi connectivity index (χ1) is 16.2. The lowest BCUT2D eigenvalue weighted by atomic mass is 9.93. The first-order valence-corrected chi connectivity index (χ1v) is 11.4. The highest BCUT2D eigenvalue weighted by molar-refractivity contribution is 5.89. The minimum absolute atomic E-state index is 0.0576. The van der Waals surface area contributed by atoms with Gasteiger partial charge in [0.1, 0.15) is 6.04 Å². The molecule has 0 radical (unpaired) electrons. The number of piperidine rings is 1. The van der Waals surface area contributed by atoms with Crippen LogP contribution in [-0.2, 0) is 27.3 Å². The number of halogens is 3. The van der Waals surface area contributed by atoms with Crippen LogP contribution in [0.3, 0.4) is 0 Å². The Labute approximate surface area is 202 Å². The predicted octanol–water partition coefficient (Wildman–Crippen LogP) is 2.18.